The van der Waals surface area contributed by atoms with E-state index in [0.29, 0.717) is 23.4 Å². The van der Waals surface area contributed by atoms with Crippen LogP contribution in [0.4, 0.5) is 0 Å². The third kappa shape index (κ3) is 3.05. The van der Waals surface area contributed by atoms with Crippen LogP contribution in [-0.4, -0.2) is 36.0 Å². The molecule has 1 unspecified atom stereocenters. The molecule has 1 saturated carbocycles. The number of hydrogen-bond donors (Lipinski definition) is 1. The maximum atomic E-state index is 11.9. The molecule has 3 heteroatoms. The number of rotatable bonds is 4. The molecule has 0 aromatic heterocycles. The van der Waals surface area contributed by atoms with Gasteiger partial charge in [-0.05, 0) is 38.0 Å². The Morgan fingerprint density at radius 2 is 1.78 bits per heavy atom. The fourth-order valence-corrected chi connectivity index (χ4v) is 2.82. The van der Waals surface area contributed by atoms with Gasteiger partial charge in [-0.15, -0.1) is 0 Å². The van der Waals surface area contributed by atoms with Crippen molar-refractivity contribution in [2.75, 3.05) is 13.1 Å². The molecule has 18 heavy (non-hydrogen) atoms. The highest BCUT2D eigenvalue weighted by Crippen LogP contribution is 2.48. The minimum Gasteiger partial charge on any atom is -0.342 e. The molecular weight excluding hydrogens is 224 g/mol. The van der Waals surface area contributed by atoms with Crippen LogP contribution in [0.1, 0.15) is 53.4 Å². The van der Waals surface area contributed by atoms with Crippen molar-refractivity contribution >= 4 is 5.91 Å². The zero-order valence-corrected chi connectivity index (χ0v) is 12.3. The maximum absolute atomic E-state index is 11.9. The number of amides is 1. The molecule has 1 aliphatic carbocycles. The number of carbonyl (C=O) groups excluding carboxylic acids is 1. The Kier molecular flexibility index (Phi) is 4.00. The molecule has 104 valence electrons. The summed E-state index contributed by atoms with van der Waals surface area (Å²) in [5, 5.41) is 3.77. The number of carbonyl (C=O) groups is 1. The summed E-state index contributed by atoms with van der Waals surface area (Å²) in [6, 6.07) is 1.23. The van der Waals surface area contributed by atoms with Crippen molar-refractivity contribution in [3.63, 3.8) is 0 Å². The molecule has 1 aliphatic heterocycles. The highest BCUT2D eigenvalue weighted by Gasteiger charge is 2.43. The lowest BCUT2D eigenvalue weighted by Gasteiger charge is -2.36. The fourth-order valence-electron chi connectivity index (χ4n) is 2.82. The topological polar surface area (TPSA) is 32.3 Å². The van der Waals surface area contributed by atoms with E-state index < -0.39 is 0 Å². The van der Waals surface area contributed by atoms with Gasteiger partial charge in [-0.3, -0.25) is 4.79 Å². The largest absolute Gasteiger partial charge is 0.342 e. The summed E-state index contributed by atoms with van der Waals surface area (Å²) >= 11 is 0. The van der Waals surface area contributed by atoms with Crippen LogP contribution in [0.5, 0.6) is 0 Å². The second-order valence-corrected chi connectivity index (χ2v) is 6.80. The summed E-state index contributed by atoms with van der Waals surface area (Å²) in [4.78, 5) is 13.9. The zero-order chi connectivity index (χ0) is 13.3. The second kappa shape index (κ2) is 5.20. The van der Waals surface area contributed by atoms with Crippen LogP contribution in [-0.2, 0) is 4.79 Å². The Bertz CT molecular complexity index is 302. The standard InChI is InChI=1S/C15H28N2O/c1-11(2)14(18)17-9-5-13(6-10-17)16-12(3)15(4)7-8-15/h11-13,16H,5-10H2,1-4H3. The number of nitrogens with zero attached hydrogens (tertiary/aromatic N) is 1. The molecule has 0 aromatic carbocycles. The first-order chi connectivity index (χ1) is 8.42. The molecule has 1 N–H and O–H groups in total. The molecule has 0 radical (unpaired) electrons. The zero-order valence-electron chi connectivity index (χ0n) is 12.3. The van der Waals surface area contributed by atoms with Crippen LogP contribution in [0.2, 0.25) is 0 Å². The van der Waals surface area contributed by atoms with Crippen molar-refractivity contribution in [2.45, 2.75) is 65.5 Å². The van der Waals surface area contributed by atoms with Gasteiger partial charge in [-0.25, -0.2) is 0 Å². The Balaban J connectivity index is 1.75. The predicted molar refractivity (Wildman–Crippen MR) is 74.4 cm³/mol. The lowest BCUT2D eigenvalue weighted by molar-refractivity contribution is -0.135. The molecule has 1 amide bonds. The lowest BCUT2D eigenvalue weighted by atomic mass is 9.96. The van der Waals surface area contributed by atoms with Crippen molar-refractivity contribution in [3.8, 4) is 0 Å². The number of likely N-dealkylation sites (tertiary alicyclic amines) is 1. The van der Waals surface area contributed by atoms with Gasteiger partial charge in [-0.2, -0.15) is 0 Å². The van der Waals surface area contributed by atoms with Crippen LogP contribution in [0.15, 0.2) is 0 Å². The molecule has 2 fully saturated rings. The minimum absolute atomic E-state index is 0.138. The van der Waals surface area contributed by atoms with Crippen LogP contribution < -0.4 is 5.32 Å². The predicted octanol–water partition coefficient (Wildman–Crippen LogP) is 2.41. The molecule has 0 bridgehead atoms. The van der Waals surface area contributed by atoms with Gasteiger partial charge in [0.2, 0.25) is 5.91 Å². The molecule has 1 heterocycles. The van der Waals surface area contributed by atoms with Crippen LogP contribution in [0, 0.1) is 11.3 Å². The molecular formula is C15H28N2O. The van der Waals surface area contributed by atoms with E-state index in [1.807, 2.05) is 18.7 Å². The average molecular weight is 252 g/mol. The van der Waals surface area contributed by atoms with E-state index in [0.717, 1.165) is 25.9 Å². The Hall–Kier alpha value is -0.570. The van der Waals surface area contributed by atoms with Crippen LogP contribution >= 0.6 is 0 Å². The van der Waals surface area contributed by atoms with Crippen molar-refractivity contribution in [3.05, 3.63) is 0 Å². The van der Waals surface area contributed by atoms with E-state index in [1.54, 1.807) is 0 Å². The van der Waals surface area contributed by atoms with Gasteiger partial charge in [0.05, 0.1) is 0 Å². The first-order valence-corrected chi connectivity index (χ1v) is 7.47. The van der Waals surface area contributed by atoms with Crippen molar-refractivity contribution < 1.29 is 4.79 Å². The SMILES string of the molecule is CC(C)C(=O)N1CCC(NC(C)C2(C)CC2)CC1. The Labute approximate surface area is 111 Å². The normalized spacial score (nSPS) is 25.3. The first kappa shape index (κ1) is 13.9. The number of piperidine rings is 1. The van der Waals surface area contributed by atoms with Crippen molar-refractivity contribution in [2.24, 2.45) is 11.3 Å². The van der Waals surface area contributed by atoms with E-state index in [4.69, 9.17) is 0 Å². The molecule has 3 nitrogen and oxygen atoms in total. The lowest BCUT2D eigenvalue weighted by Crippen LogP contribution is -2.49. The second-order valence-electron chi connectivity index (χ2n) is 6.80. The fraction of sp³-hybridized carbons (Fsp3) is 0.933. The third-order valence-electron chi connectivity index (χ3n) is 4.87. The number of nitrogens with one attached hydrogen (secondary N) is 1. The summed E-state index contributed by atoms with van der Waals surface area (Å²) < 4.78 is 0. The van der Waals surface area contributed by atoms with Gasteiger partial charge in [-0.1, -0.05) is 20.8 Å². The highest BCUT2D eigenvalue weighted by molar-refractivity contribution is 5.78. The van der Waals surface area contributed by atoms with E-state index >= 15 is 0 Å². The molecule has 2 rings (SSSR count). The first-order valence-electron chi connectivity index (χ1n) is 7.47. The third-order valence-corrected chi connectivity index (χ3v) is 4.87. The summed E-state index contributed by atoms with van der Waals surface area (Å²) in [6.07, 6.45) is 4.95. The molecule has 1 atom stereocenters. The number of hydrogen-bond acceptors (Lipinski definition) is 2. The van der Waals surface area contributed by atoms with Crippen molar-refractivity contribution in [1.29, 1.82) is 0 Å². The minimum atomic E-state index is 0.138. The molecule has 0 aromatic rings. The van der Waals surface area contributed by atoms with E-state index in [9.17, 15) is 4.79 Å². The average Bonchev–Trinajstić information content (AvgIpc) is 3.08. The molecule has 0 spiro atoms. The van der Waals surface area contributed by atoms with Crippen molar-refractivity contribution in [1.82, 2.24) is 10.2 Å². The maximum Gasteiger partial charge on any atom is 0.225 e. The van der Waals surface area contributed by atoms with Gasteiger partial charge >= 0.3 is 0 Å². The smallest absolute Gasteiger partial charge is 0.225 e. The van der Waals surface area contributed by atoms with E-state index in [2.05, 4.69) is 19.2 Å². The van der Waals surface area contributed by atoms with Gasteiger partial charge < -0.3 is 10.2 Å². The van der Waals surface area contributed by atoms with Gasteiger partial charge in [0.15, 0.2) is 0 Å². The summed E-state index contributed by atoms with van der Waals surface area (Å²) in [5.74, 6) is 0.453. The Morgan fingerprint density at radius 3 is 2.22 bits per heavy atom. The van der Waals surface area contributed by atoms with E-state index in [-0.39, 0.29) is 5.92 Å². The van der Waals surface area contributed by atoms with Crippen LogP contribution in [0.3, 0.4) is 0 Å². The highest BCUT2D eigenvalue weighted by atomic mass is 16.2. The Morgan fingerprint density at radius 1 is 1.22 bits per heavy atom. The van der Waals surface area contributed by atoms with Crippen LogP contribution in [0.25, 0.3) is 0 Å². The van der Waals surface area contributed by atoms with Gasteiger partial charge in [0.1, 0.15) is 0 Å². The van der Waals surface area contributed by atoms with E-state index in [1.165, 1.54) is 12.8 Å². The molecule has 1 saturated heterocycles. The van der Waals surface area contributed by atoms with Gasteiger partial charge in [0, 0.05) is 31.1 Å². The monoisotopic (exact) mass is 252 g/mol. The summed E-state index contributed by atoms with van der Waals surface area (Å²) in [7, 11) is 0. The summed E-state index contributed by atoms with van der Waals surface area (Å²) in [5.41, 5.74) is 0.547. The summed E-state index contributed by atoms with van der Waals surface area (Å²) in [6.45, 7) is 10.5. The van der Waals surface area contributed by atoms with Gasteiger partial charge in [0.25, 0.3) is 0 Å². The quantitative estimate of drug-likeness (QED) is 0.833. The molecule has 2 aliphatic rings.